The number of carbonyl (C=O) groups is 1. The molecule has 0 atom stereocenters. The second kappa shape index (κ2) is 10.6. The van der Waals surface area contributed by atoms with Crippen LogP contribution in [0.25, 0.3) is 0 Å². The molecule has 0 radical (unpaired) electrons. The Labute approximate surface area is 188 Å². The number of methoxy groups -OCH3 is 2. The van der Waals surface area contributed by atoms with Crippen LogP contribution < -0.4 is 23.7 Å². The number of hydrogen-bond acceptors (Lipinski definition) is 7. The number of carbonyl (C=O) groups excluding carboxylic acids is 1. The molecule has 0 fully saturated rings. The van der Waals surface area contributed by atoms with E-state index in [1.165, 1.54) is 17.0 Å². The van der Waals surface area contributed by atoms with Crippen molar-refractivity contribution >= 4 is 15.9 Å². The van der Waals surface area contributed by atoms with Crippen LogP contribution in [0.2, 0.25) is 0 Å². The third kappa shape index (κ3) is 5.83. The Balaban J connectivity index is 1.56. The first-order valence-corrected chi connectivity index (χ1v) is 11.7. The molecule has 0 saturated heterocycles. The molecule has 1 aliphatic rings. The van der Waals surface area contributed by atoms with Crippen molar-refractivity contribution in [3.05, 3.63) is 42.0 Å². The van der Waals surface area contributed by atoms with E-state index in [0.29, 0.717) is 42.8 Å². The molecule has 1 N–H and O–H groups in total. The number of amides is 1. The molecule has 1 aliphatic heterocycles. The van der Waals surface area contributed by atoms with Crippen molar-refractivity contribution in [2.24, 2.45) is 0 Å². The maximum atomic E-state index is 12.6. The predicted molar refractivity (Wildman–Crippen MR) is 118 cm³/mol. The van der Waals surface area contributed by atoms with Gasteiger partial charge in [-0.05, 0) is 24.3 Å². The SMILES string of the molecule is COc1ccc(CN(C)C(=O)CCNS(=O)(=O)c2ccc3c(c2)OCCCO3)c(OC)c1. The van der Waals surface area contributed by atoms with Crippen LogP contribution in [0.3, 0.4) is 0 Å². The Morgan fingerprint density at radius 1 is 1.06 bits per heavy atom. The fourth-order valence-electron chi connectivity index (χ4n) is 3.20. The van der Waals surface area contributed by atoms with Crippen molar-refractivity contribution < 1.29 is 32.2 Å². The minimum atomic E-state index is -3.79. The number of nitrogens with zero attached hydrogens (tertiary/aromatic N) is 1. The first-order chi connectivity index (χ1) is 15.3. The number of rotatable bonds is 9. The van der Waals surface area contributed by atoms with E-state index in [2.05, 4.69) is 4.72 Å². The highest BCUT2D eigenvalue weighted by Crippen LogP contribution is 2.32. The zero-order chi connectivity index (χ0) is 23.1. The van der Waals surface area contributed by atoms with E-state index in [-0.39, 0.29) is 23.8 Å². The van der Waals surface area contributed by atoms with Gasteiger partial charge in [0.25, 0.3) is 0 Å². The Morgan fingerprint density at radius 3 is 2.53 bits per heavy atom. The Bertz CT molecular complexity index is 1060. The molecule has 0 bridgehead atoms. The van der Waals surface area contributed by atoms with E-state index >= 15 is 0 Å². The fraction of sp³-hybridized carbons (Fsp3) is 0.409. The number of fused-ring (bicyclic) bond motifs is 1. The summed E-state index contributed by atoms with van der Waals surface area (Å²) >= 11 is 0. The Hall–Kier alpha value is -2.98. The molecular weight excluding hydrogens is 436 g/mol. The van der Waals surface area contributed by atoms with Gasteiger partial charge < -0.3 is 23.8 Å². The lowest BCUT2D eigenvalue weighted by atomic mass is 10.1. The van der Waals surface area contributed by atoms with Gasteiger partial charge in [-0.1, -0.05) is 0 Å². The Morgan fingerprint density at radius 2 is 1.81 bits per heavy atom. The van der Waals surface area contributed by atoms with Crippen molar-refractivity contribution in [2.45, 2.75) is 24.3 Å². The van der Waals surface area contributed by atoms with Gasteiger partial charge in [-0.25, -0.2) is 13.1 Å². The van der Waals surface area contributed by atoms with Gasteiger partial charge in [-0.3, -0.25) is 4.79 Å². The second-order valence-electron chi connectivity index (χ2n) is 7.23. The number of hydrogen-bond donors (Lipinski definition) is 1. The van der Waals surface area contributed by atoms with Crippen molar-refractivity contribution in [3.8, 4) is 23.0 Å². The van der Waals surface area contributed by atoms with Gasteiger partial charge in [-0.2, -0.15) is 0 Å². The predicted octanol–water partition coefficient (Wildman–Crippen LogP) is 2.19. The summed E-state index contributed by atoms with van der Waals surface area (Å²) < 4.78 is 49.4. The third-order valence-electron chi connectivity index (χ3n) is 4.99. The van der Waals surface area contributed by atoms with Gasteiger partial charge in [-0.15, -0.1) is 0 Å². The molecule has 0 spiro atoms. The molecule has 10 heteroatoms. The highest BCUT2D eigenvalue weighted by atomic mass is 32.2. The molecule has 0 aliphatic carbocycles. The lowest BCUT2D eigenvalue weighted by molar-refractivity contribution is -0.130. The monoisotopic (exact) mass is 464 g/mol. The molecule has 32 heavy (non-hydrogen) atoms. The van der Waals surface area contributed by atoms with Crippen LogP contribution in [0.1, 0.15) is 18.4 Å². The topological polar surface area (TPSA) is 103 Å². The molecule has 2 aromatic rings. The minimum absolute atomic E-state index is 0.0127. The third-order valence-corrected chi connectivity index (χ3v) is 6.45. The molecule has 1 heterocycles. The number of ether oxygens (including phenoxy) is 4. The smallest absolute Gasteiger partial charge is 0.240 e. The number of benzene rings is 2. The average molecular weight is 465 g/mol. The summed E-state index contributed by atoms with van der Waals surface area (Å²) in [5.41, 5.74) is 0.817. The summed E-state index contributed by atoms with van der Waals surface area (Å²) in [6.07, 6.45) is 0.742. The maximum absolute atomic E-state index is 12.6. The second-order valence-corrected chi connectivity index (χ2v) is 9.00. The molecule has 3 rings (SSSR count). The molecule has 1 amide bonds. The van der Waals surface area contributed by atoms with E-state index in [1.807, 2.05) is 6.07 Å². The average Bonchev–Trinajstić information content (AvgIpc) is 3.04. The summed E-state index contributed by atoms with van der Waals surface area (Å²) in [5.74, 6) is 1.98. The number of nitrogens with one attached hydrogen (secondary N) is 1. The zero-order valence-corrected chi connectivity index (χ0v) is 19.2. The van der Waals surface area contributed by atoms with Crippen molar-refractivity contribution in [2.75, 3.05) is 41.0 Å². The summed E-state index contributed by atoms with van der Waals surface area (Å²) in [6.45, 7) is 1.28. The first kappa shape index (κ1) is 23.7. The molecule has 9 nitrogen and oxygen atoms in total. The van der Waals surface area contributed by atoms with Crippen LogP contribution in [0, 0.1) is 0 Å². The van der Waals surface area contributed by atoms with Gasteiger partial charge in [0.15, 0.2) is 11.5 Å². The highest BCUT2D eigenvalue weighted by Gasteiger charge is 2.20. The first-order valence-electron chi connectivity index (χ1n) is 10.2. The summed E-state index contributed by atoms with van der Waals surface area (Å²) in [7, 11) is 0.980. The van der Waals surface area contributed by atoms with Crippen LogP contribution in [-0.4, -0.2) is 60.3 Å². The summed E-state index contributed by atoms with van der Waals surface area (Å²) in [6, 6.07) is 9.84. The zero-order valence-electron chi connectivity index (χ0n) is 18.4. The van der Waals surface area contributed by atoms with Gasteiger partial charge >= 0.3 is 0 Å². The lowest BCUT2D eigenvalue weighted by Gasteiger charge is -2.19. The Kier molecular flexibility index (Phi) is 7.81. The van der Waals surface area contributed by atoms with E-state index in [9.17, 15) is 13.2 Å². The largest absolute Gasteiger partial charge is 0.497 e. The van der Waals surface area contributed by atoms with E-state index in [4.69, 9.17) is 18.9 Å². The van der Waals surface area contributed by atoms with Gasteiger partial charge in [0.1, 0.15) is 11.5 Å². The standard InChI is InChI=1S/C22H28N2O7S/c1-24(15-16-5-6-17(28-2)13-20(16)29-3)22(25)9-10-23-32(26,27)18-7-8-19-21(14-18)31-12-4-11-30-19/h5-8,13-14,23H,4,9-12,15H2,1-3H3. The van der Waals surface area contributed by atoms with E-state index < -0.39 is 10.0 Å². The van der Waals surface area contributed by atoms with Gasteiger partial charge in [0.2, 0.25) is 15.9 Å². The van der Waals surface area contributed by atoms with Crippen molar-refractivity contribution in [1.82, 2.24) is 9.62 Å². The maximum Gasteiger partial charge on any atom is 0.240 e. The van der Waals surface area contributed by atoms with Crippen LogP contribution in [-0.2, 0) is 21.4 Å². The molecule has 0 aromatic heterocycles. The van der Waals surface area contributed by atoms with Gasteiger partial charge in [0, 0.05) is 50.7 Å². The van der Waals surface area contributed by atoms with Gasteiger partial charge in [0.05, 0.1) is 32.3 Å². The minimum Gasteiger partial charge on any atom is -0.497 e. The fourth-order valence-corrected chi connectivity index (χ4v) is 4.25. The van der Waals surface area contributed by atoms with Crippen LogP contribution in [0.15, 0.2) is 41.3 Å². The van der Waals surface area contributed by atoms with Crippen molar-refractivity contribution in [3.63, 3.8) is 0 Å². The molecule has 2 aromatic carbocycles. The molecule has 0 unspecified atom stereocenters. The molecule has 0 saturated carbocycles. The highest BCUT2D eigenvalue weighted by molar-refractivity contribution is 7.89. The van der Waals surface area contributed by atoms with E-state index in [1.54, 1.807) is 39.5 Å². The number of sulfonamides is 1. The molecular formula is C22H28N2O7S. The van der Waals surface area contributed by atoms with Crippen LogP contribution in [0.5, 0.6) is 23.0 Å². The quantitative estimate of drug-likeness (QED) is 0.607. The normalized spacial score (nSPS) is 13.2. The van der Waals surface area contributed by atoms with Crippen LogP contribution in [0.4, 0.5) is 0 Å². The van der Waals surface area contributed by atoms with Crippen molar-refractivity contribution in [1.29, 1.82) is 0 Å². The van der Waals surface area contributed by atoms with Crippen LogP contribution >= 0.6 is 0 Å². The summed E-state index contributed by atoms with van der Waals surface area (Å²) in [4.78, 5) is 14.1. The summed E-state index contributed by atoms with van der Waals surface area (Å²) in [5, 5.41) is 0. The van der Waals surface area contributed by atoms with E-state index in [0.717, 1.165) is 12.0 Å². The molecule has 174 valence electrons. The lowest BCUT2D eigenvalue weighted by Crippen LogP contribution is -2.32.